The van der Waals surface area contributed by atoms with Crippen molar-refractivity contribution in [1.82, 2.24) is 10.2 Å². The number of likely N-dealkylation sites (N-methyl/N-ethyl adjacent to an activating group) is 1. The van der Waals surface area contributed by atoms with Crippen LogP contribution in [0.25, 0.3) is 0 Å². The third-order valence-corrected chi connectivity index (χ3v) is 4.25. The predicted octanol–water partition coefficient (Wildman–Crippen LogP) is 3.31. The Kier molecular flexibility index (Phi) is 7.33. The van der Waals surface area contributed by atoms with Crippen molar-refractivity contribution < 1.29 is 14.0 Å². The van der Waals surface area contributed by atoms with Crippen LogP contribution in [0, 0.1) is 5.82 Å². The second-order valence-electron chi connectivity index (χ2n) is 6.22. The SMILES string of the molecule is CCCC(=O)N(Cc1ccc(F)cc1)[C@H](Cc1ccccc1)C(=O)NC. The van der Waals surface area contributed by atoms with Gasteiger partial charge in [-0.2, -0.15) is 0 Å². The zero-order valence-corrected chi connectivity index (χ0v) is 15.2. The highest BCUT2D eigenvalue weighted by Crippen LogP contribution is 2.16. The van der Waals surface area contributed by atoms with E-state index in [-0.39, 0.29) is 24.2 Å². The van der Waals surface area contributed by atoms with Gasteiger partial charge in [-0.25, -0.2) is 4.39 Å². The van der Waals surface area contributed by atoms with Gasteiger partial charge in [-0.15, -0.1) is 0 Å². The van der Waals surface area contributed by atoms with E-state index in [0.29, 0.717) is 19.3 Å². The number of hydrogen-bond acceptors (Lipinski definition) is 2. The first kappa shape index (κ1) is 19.6. The van der Waals surface area contributed by atoms with Crippen molar-refractivity contribution in [2.75, 3.05) is 7.05 Å². The molecule has 26 heavy (non-hydrogen) atoms. The second-order valence-corrected chi connectivity index (χ2v) is 6.22. The van der Waals surface area contributed by atoms with Crippen molar-refractivity contribution in [2.45, 2.75) is 38.8 Å². The van der Waals surface area contributed by atoms with Gasteiger partial charge in [0.05, 0.1) is 0 Å². The van der Waals surface area contributed by atoms with E-state index >= 15 is 0 Å². The summed E-state index contributed by atoms with van der Waals surface area (Å²) in [5, 5.41) is 2.66. The van der Waals surface area contributed by atoms with Crippen LogP contribution in [0.3, 0.4) is 0 Å². The maximum atomic E-state index is 13.2. The minimum absolute atomic E-state index is 0.0821. The van der Waals surface area contributed by atoms with Gasteiger partial charge >= 0.3 is 0 Å². The fourth-order valence-electron chi connectivity index (χ4n) is 2.86. The number of nitrogens with one attached hydrogen (secondary N) is 1. The van der Waals surface area contributed by atoms with E-state index in [2.05, 4.69) is 5.32 Å². The lowest BCUT2D eigenvalue weighted by Crippen LogP contribution is -2.49. The number of carbonyl (C=O) groups excluding carboxylic acids is 2. The summed E-state index contributed by atoms with van der Waals surface area (Å²) in [6.07, 6.45) is 1.49. The van der Waals surface area contributed by atoms with Gasteiger partial charge in [0.15, 0.2) is 0 Å². The molecule has 2 rings (SSSR count). The molecule has 0 saturated carbocycles. The standard InChI is InChI=1S/C21H25FN2O2/c1-3-7-20(25)24(15-17-10-12-18(22)13-11-17)19(21(26)23-2)14-16-8-5-4-6-9-16/h4-6,8-13,19H,3,7,14-15H2,1-2H3,(H,23,26)/t19-/m1/s1. The number of carbonyl (C=O) groups is 2. The molecule has 2 amide bonds. The normalized spacial score (nSPS) is 11.7. The van der Waals surface area contributed by atoms with E-state index in [4.69, 9.17) is 0 Å². The third-order valence-electron chi connectivity index (χ3n) is 4.25. The third kappa shape index (κ3) is 5.41. The summed E-state index contributed by atoms with van der Waals surface area (Å²) in [4.78, 5) is 26.9. The van der Waals surface area contributed by atoms with Gasteiger partial charge in [0.2, 0.25) is 11.8 Å². The number of hydrogen-bond donors (Lipinski definition) is 1. The van der Waals surface area contributed by atoms with Gasteiger partial charge in [-0.05, 0) is 29.7 Å². The lowest BCUT2D eigenvalue weighted by atomic mass is 10.0. The highest BCUT2D eigenvalue weighted by Gasteiger charge is 2.29. The predicted molar refractivity (Wildman–Crippen MR) is 99.9 cm³/mol. The molecule has 2 aromatic carbocycles. The largest absolute Gasteiger partial charge is 0.357 e. The van der Waals surface area contributed by atoms with E-state index in [1.54, 1.807) is 24.1 Å². The summed E-state index contributed by atoms with van der Waals surface area (Å²) >= 11 is 0. The molecule has 1 N–H and O–H groups in total. The summed E-state index contributed by atoms with van der Waals surface area (Å²) < 4.78 is 13.2. The maximum absolute atomic E-state index is 13.2. The molecule has 0 bridgehead atoms. The minimum Gasteiger partial charge on any atom is -0.357 e. The lowest BCUT2D eigenvalue weighted by Gasteiger charge is -2.31. The van der Waals surface area contributed by atoms with Gasteiger partial charge in [0.1, 0.15) is 11.9 Å². The fourth-order valence-corrected chi connectivity index (χ4v) is 2.86. The molecular weight excluding hydrogens is 331 g/mol. The molecule has 0 unspecified atom stereocenters. The minimum atomic E-state index is -0.619. The van der Waals surface area contributed by atoms with Crippen LogP contribution in [0.4, 0.5) is 4.39 Å². The van der Waals surface area contributed by atoms with Crippen LogP contribution in [-0.2, 0) is 22.6 Å². The van der Waals surface area contributed by atoms with Crippen LogP contribution in [0.5, 0.6) is 0 Å². The molecule has 0 radical (unpaired) electrons. The zero-order chi connectivity index (χ0) is 18.9. The van der Waals surface area contributed by atoms with Gasteiger partial charge in [0.25, 0.3) is 0 Å². The number of rotatable bonds is 8. The van der Waals surface area contributed by atoms with Crippen LogP contribution in [0.2, 0.25) is 0 Å². The van der Waals surface area contributed by atoms with Crippen LogP contribution in [-0.4, -0.2) is 29.8 Å². The Bertz CT molecular complexity index is 717. The maximum Gasteiger partial charge on any atom is 0.242 e. The number of nitrogens with zero attached hydrogens (tertiary/aromatic N) is 1. The Morgan fingerprint density at radius 1 is 1.04 bits per heavy atom. The lowest BCUT2D eigenvalue weighted by molar-refractivity contribution is -0.141. The molecule has 0 aliphatic heterocycles. The molecule has 0 aliphatic carbocycles. The monoisotopic (exact) mass is 356 g/mol. The van der Waals surface area contributed by atoms with E-state index in [1.807, 2.05) is 37.3 Å². The molecular formula is C21H25FN2O2. The van der Waals surface area contributed by atoms with Crippen LogP contribution >= 0.6 is 0 Å². The average Bonchev–Trinajstić information content (AvgIpc) is 2.66. The molecule has 1 atom stereocenters. The van der Waals surface area contributed by atoms with E-state index in [9.17, 15) is 14.0 Å². The molecule has 0 aliphatic rings. The molecule has 0 aromatic heterocycles. The van der Waals surface area contributed by atoms with Crippen molar-refractivity contribution in [1.29, 1.82) is 0 Å². The zero-order valence-electron chi connectivity index (χ0n) is 15.2. The molecule has 2 aromatic rings. The van der Waals surface area contributed by atoms with Crippen molar-refractivity contribution >= 4 is 11.8 Å². The Labute approximate surface area is 154 Å². The molecule has 0 heterocycles. The molecule has 0 fully saturated rings. The first-order chi connectivity index (χ1) is 12.5. The quantitative estimate of drug-likeness (QED) is 0.789. The average molecular weight is 356 g/mol. The van der Waals surface area contributed by atoms with E-state index in [0.717, 1.165) is 11.1 Å². The Morgan fingerprint density at radius 2 is 1.69 bits per heavy atom. The highest BCUT2D eigenvalue weighted by molar-refractivity contribution is 5.87. The van der Waals surface area contributed by atoms with Crippen molar-refractivity contribution in [3.05, 3.63) is 71.5 Å². The van der Waals surface area contributed by atoms with Gasteiger partial charge < -0.3 is 10.2 Å². The van der Waals surface area contributed by atoms with Crippen LogP contribution < -0.4 is 5.32 Å². The number of amides is 2. The number of halogens is 1. The van der Waals surface area contributed by atoms with Crippen molar-refractivity contribution in [3.8, 4) is 0 Å². The molecule has 5 heteroatoms. The Hall–Kier alpha value is -2.69. The molecule has 0 spiro atoms. The summed E-state index contributed by atoms with van der Waals surface area (Å²) in [5.41, 5.74) is 1.77. The molecule has 138 valence electrons. The van der Waals surface area contributed by atoms with Crippen molar-refractivity contribution in [3.63, 3.8) is 0 Å². The highest BCUT2D eigenvalue weighted by atomic mass is 19.1. The first-order valence-electron chi connectivity index (χ1n) is 8.84. The van der Waals surface area contributed by atoms with Gasteiger partial charge in [-0.1, -0.05) is 49.4 Å². The summed E-state index contributed by atoms with van der Waals surface area (Å²) in [6, 6.07) is 15.0. The van der Waals surface area contributed by atoms with E-state index in [1.165, 1.54) is 12.1 Å². The van der Waals surface area contributed by atoms with Crippen molar-refractivity contribution in [2.24, 2.45) is 0 Å². The smallest absolute Gasteiger partial charge is 0.242 e. The summed E-state index contributed by atoms with van der Waals surface area (Å²) in [5.74, 6) is -0.617. The molecule has 0 saturated heterocycles. The van der Waals surface area contributed by atoms with Crippen LogP contribution in [0.1, 0.15) is 30.9 Å². The fraction of sp³-hybridized carbons (Fsp3) is 0.333. The van der Waals surface area contributed by atoms with Crippen LogP contribution in [0.15, 0.2) is 54.6 Å². The summed E-state index contributed by atoms with van der Waals surface area (Å²) in [7, 11) is 1.57. The van der Waals surface area contributed by atoms with Gasteiger partial charge in [0, 0.05) is 26.4 Å². The van der Waals surface area contributed by atoms with Gasteiger partial charge in [-0.3, -0.25) is 9.59 Å². The number of benzene rings is 2. The molecule has 4 nitrogen and oxygen atoms in total. The van der Waals surface area contributed by atoms with E-state index < -0.39 is 6.04 Å². The topological polar surface area (TPSA) is 49.4 Å². The first-order valence-corrected chi connectivity index (χ1v) is 8.84. The Morgan fingerprint density at radius 3 is 2.27 bits per heavy atom. The second kappa shape index (κ2) is 9.70. The Balaban J connectivity index is 2.31. The summed E-state index contributed by atoms with van der Waals surface area (Å²) in [6.45, 7) is 2.20.